The lowest BCUT2D eigenvalue weighted by Gasteiger charge is -2.26. The van der Waals surface area contributed by atoms with Gasteiger partial charge in [-0.05, 0) is 67.9 Å². The zero-order valence-electron chi connectivity index (χ0n) is 15.1. The molecule has 1 heterocycles. The second kappa shape index (κ2) is 8.31. The summed E-state index contributed by atoms with van der Waals surface area (Å²) in [6.07, 6.45) is 0.899. The molecule has 1 fully saturated rings. The molecule has 2 aromatic rings. The zero-order valence-corrected chi connectivity index (χ0v) is 16.7. The molecule has 0 aromatic heterocycles. The van der Waals surface area contributed by atoms with Crippen molar-refractivity contribution in [3.05, 3.63) is 58.9 Å². The summed E-state index contributed by atoms with van der Waals surface area (Å²) in [5.74, 6) is -3.71. The molecule has 3 rings (SSSR count). The fourth-order valence-corrected chi connectivity index (χ4v) is 4.42. The fraction of sp³-hybridized carbons (Fsp3) is 0.368. The van der Waals surface area contributed by atoms with Crippen LogP contribution in [0.1, 0.15) is 18.0 Å². The Morgan fingerprint density at radius 3 is 2.50 bits per heavy atom. The van der Waals surface area contributed by atoms with E-state index in [0.29, 0.717) is 12.2 Å². The van der Waals surface area contributed by atoms with Crippen LogP contribution in [0.3, 0.4) is 0 Å². The largest absolute Gasteiger partial charge is 0.385 e. The summed E-state index contributed by atoms with van der Waals surface area (Å²) < 4.78 is 62.0. The third kappa shape index (κ3) is 4.29. The molecule has 2 atom stereocenters. The molecule has 0 bridgehead atoms. The Kier molecular flexibility index (Phi) is 6.21. The minimum Gasteiger partial charge on any atom is -0.385 e. The van der Waals surface area contributed by atoms with Crippen LogP contribution >= 0.6 is 11.6 Å². The third-order valence-corrected chi connectivity index (χ3v) is 6.75. The summed E-state index contributed by atoms with van der Waals surface area (Å²) in [5, 5.41) is 3.29. The molecule has 1 aliphatic heterocycles. The number of halogens is 4. The highest BCUT2D eigenvalue weighted by Crippen LogP contribution is 2.37. The van der Waals surface area contributed by atoms with Crippen LogP contribution in [0.2, 0.25) is 5.02 Å². The van der Waals surface area contributed by atoms with Gasteiger partial charge in [0.2, 0.25) is 9.84 Å². The van der Waals surface area contributed by atoms with Crippen LogP contribution in [0.15, 0.2) is 47.4 Å². The molecule has 0 saturated carbocycles. The number of sulfone groups is 1. The third-order valence-electron chi connectivity index (χ3n) is 5.04. The molecule has 2 unspecified atom stereocenters. The first-order valence-electron chi connectivity index (χ1n) is 8.71. The summed E-state index contributed by atoms with van der Waals surface area (Å²) >= 11 is 5.77. The summed E-state index contributed by atoms with van der Waals surface area (Å²) in [6, 6.07) is 10.1. The lowest BCUT2D eigenvalue weighted by molar-refractivity contribution is 0.234. The van der Waals surface area contributed by atoms with Gasteiger partial charge in [-0.15, -0.1) is 0 Å². The van der Waals surface area contributed by atoms with E-state index >= 15 is 0 Å². The van der Waals surface area contributed by atoms with Crippen LogP contribution in [0, 0.1) is 11.7 Å². The van der Waals surface area contributed by atoms with E-state index in [-0.39, 0.29) is 17.0 Å². The van der Waals surface area contributed by atoms with E-state index in [4.69, 9.17) is 11.6 Å². The van der Waals surface area contributed by atoms with Crippen molar-refractivity contribution in [2.75, 3.05) is 25.5 Å². The quantitative estimate of drug-likeness (QED) is 0.725. The number of nitrogens with zero attached hydrogens (tertiary/aromatic N) is 1. The van der Waals surface area contributed by atoms with Gasteiger partial charge in [0.15, 0.2) is 0 Å². The SMILES string of the molecule is CN1CCC(CNc2ccc(S(=O)(=O)C(F)F)cc2)C1c1ccc(Cl)c(F)c1. The van der Waals surface area contributed by atoms with Gasteiger partial charge in [0, 0.05) is 18.3 Å². The first-order chi connectivity index (χ1) is 13.2. The molecule has 1 saturated heterocycles. The lowest BCUT2D eigenvalue weighted by Crippen LogP contribution is -2.25. The van der Waals surface area contributed by atoms with Crippen LogP contribution in [0.5, 0.6) is 0 Å². The summed E-state index contributed by atoms with van der Waals surface area (Å²) in [5.41, 5.74) is 1.47. The molecular formula is C19H20ClF3N2O2S. The summed E-state index contributed by atoms with van der Waals surface area (Å²) in [7, 11) is -2.62. The molecule has 4 nitrogen and oxygen atoms in total. The molecule has 0 aliphatic carbocycles. The fourth-order valence-electron chi connectivity index (χ4n) is 3.58. The van der Waals surface area contributed by atoms with Crippen molar-refractivity contribution in [2.24, 2.45) is 5.92 Å². The van der Waals surface area contributed by atoms with Crippen LogP contribution in [-0.4, -0.2) is 39.2 Å². The Hall–Kier alpha value is -1.77. The van der Waals surface area contributed by atoms with Gasteiger partial charge in [-0.3, -0.25) is 4.90 Å². The predicted molar refractivity (Wildman–Crippen MR) is 103 cm³/mol. The first-order valence-corrected chi connectivity index (χ1v) is 10.6. The molecule has 1 aliphatic rings. The second-order valence-electron chi connectivity index (χ2n) is 6.86. The maximum Gasteiger partial charge on any atom is 0.341 e. The molecule has 2 aromatic carbocycles. The molecule has 9 heteroatoms. The van der Waals surface area contributed by atoms with Gasteiger partial charge >= 0.3 is 5.76 Å². The Morgan fingerprint density at radius 1 is 1.21 bits per heavy atom. The van der Waals surface area contributed by atoms with Crippen molar-refractivity contribution in [1.82, 2.24) is 4.90 Å². The van der Waals surface area contributed by atoms with E-state index in [1.165, 1.54) is 18.2 Å². The van der Waals surface area contributed by atoms with Crippen molar-refractivity contribution in [3.8, 4) is 0 Å². The topological polar surface area (TPSA) is 49.4 Å². The van der Waals surface area contributed by atoms with E-state index in [2.05, 4.69) is 10.2 Å². The summed E-state index contributed by atoms with van der Waals surface area (Å²) in [6.45, 7) is 1.42. The standard InChI is InChI=1S/C19H20ClF3N2O2S/c1-25-9-8-13(18(25)12-2-7-16(20)17(21)10-12)11-24-14-3-5-15(6-4-14)28(26,27)19(22)23/h2-7,10,13,18-19,24H,8-9,11H2,1H3. The van der Waals surface area contributed by atoms with Gasteiger partial charge in [0.25, 0.3) is 0 Å². The van der Waals surface area contributed by atoms with E-state index in [1.54, 1.807) is 6.07 Å². The Labute approximate surface area is 167 Å². The van der Waals surface area contributed by atoms with Crippen molar-refractivity contribution in [1.29, 1.82) is 0 Å². The van der Waals surface area contributed by atoms with Gasteiger partial charge in [0.05, 0.1) is 9.92 Å². The predicted octanol–water partition coefficient (Wildman–Crippen LogP) is 4.58. The zero-order chi connectivity index (χ0) is 20.5. The molecular weight excluding hydrogens is 413 g/mol. The minimum atomic E-state index is -4.60. The monoisotopic (exact) mass is 432 g/mol. The molecule has 0 radical (unpaired) electrons. The van der Waals surface area contributed by atoms with Crippen LogP contribution in [-0.2, 0) is 9.84 Å². The van der Waals surface area contributed by atoms with Crippen molar-refractivity contribution in [2.45, 2.75) is 23.1 Å². The highest BCUT2D eigenvalue weighted by atomic mass is 35.5. The molecule has 1 N–H and O–H groups in total. The first kappa shape index (κ1) is 21.0. The van der Waals surface area contributed by atoms with Crippen LogP contribution in [0.25, 0.3) is 0 Å². The number of hydrogen-bond donors (Lipinski definition) is 1. The van der Waals surface area contributed by atoms with Gasteiger partial charge < -0.3 is 5.32 Å². The average Bonchev–Trinajstić information content (AvgIpc) is 3.03. The number of benzene rings is 2. The minimum absolute atomic E-state index is 0.0118. The van der Waals surface area contributed by atoms with Crippen LogP contribution < -0.4 is 5.32 Å². The molecule has 0 spiro atoms. The van der Waals surface area contributed by atoms with Gasteiger partial charge in [-0.1, -0.05) is 17.7 Å². The van der Waals surface area contributed by atoms with Crippen molar-refractivity contribution >= 4 is 27.1 Å². The smallest absolute Gasteiger partial charge is 0.341 e. The van der Waals surface area contributed by atoms with Crippen LogP contribution in [0.4, 0.5) is 18.9 Å². The Balaban J connectivity index is 1.70. The normalized spacial score (nSPS) is 20.6. The molecule has 152 valence electrons. The second-order valence-corrected chi connectivity index (χ2v) is 9.18. The number of rotatable bonds is 6. The van der Waals surface area contributed by atoms with Crippen molar-refractivity contribution in [3.63, 3.8) is 0 Å². The number of likely N-dealkylation sites (tertiary alicyclic amines) is 1. The number of nitrogens with one attached hydrogen (secondary N) is 1. The number of hydrogen-bond acceptors (Lipinski definition) is 4. The Morgan fingerprint density at radius 2 is 1.89 bits per heavy atom. The van der Waals surface area contributed by atoms with E-state index in [9.17, 15) is 21.6 Å². The Bertz CT molecular complexity index is 939. The summed E-state index contributed by atoms with van der Waals surface area (Å²) in [4.78, 5) is 1.73. The molecule has 28 heavy (non-hydrogen) atoms. The van der Waals surface area contributed by atoms with E-state index in [0.717, 1.165) is 30.7 Å². The van der Waals surface area contributed by atoms with Crippen molar-refractivity contribution < 1.29 is 21.6 Å². The van der Waals surface area contributed by atoms with Gasteiger partial charge in [0.1, 0.15) is 5.82 Å². The van der Waals surface area contributed by atoms with E-state index < -0.39 is 26.3 Å². The van der Waals surface area contributed by atoms with Gasteiger partial charge in [-0.2, -0.15) is 8.78 Å². The average molecular weight is 433 g/mol. The lowest BCUT2D eigenvalue weighted by atomic mass is 9.93. The number of alkyl halides is 2. The van der Waals surface area contributed by atoms with E-state index in [1.807, 2.05) is 13.1 Å². The number of anilines is 1. The highest BCUT2D eigenvalue weighted by molar-refractivity contribution is 7.91. The maximum atomic E-state index is 13.9. The van der Waals surface area contributed by atoms with Gasteiger partial charge in [-0.25, -0.2) is 12.8 Å². The molecule has 0 amide bonds. The maximum absolute atomic E-state index is 13.9. The highest BCUT2D eigenvalue weighted by Gasteiger charge is 2.33.